The number of nitrogens with zero attached hydrogens (tertiary/aromatic N) is 1. The summed E-state index contributed by atoms with van der Waals surface area (Å²) in [6.07, 6.45) is -4.45. The van der Waals surface area contributed by atoms with Crippen molar-refractivity contribution in [3.05, 3.63) is 58.9 Å². The minimum Gasteiger partial charge on any atom is -0.339 e. The third-order valence-corrected chi connectivity index (χ3v) is 3.32. The first-order chi connectivity index (χ1) is 10.4. The predicted molar refractivity (Wildman–Crippen MR) is 81.7 cm³/mol. The van der Waals surface area contributed by atoms with Gasteiger partial charge in [0.2, 0.25) is 0 Å². The summed E-state index contributed by atoms with van der Waals surface area (Å²) in [7, 11) is 0. The number of nitrogens with one attached hydrogen (secondary N) is 2. The summed E-state index contributed by atoms with van der Waals surface area (Å²) < 4.78 is 39.4. The zero-order chi connectivity index (χ0) is 15.7. The Balaban J connectivity index is 2.14. The zero-order valence-corrected chi connectivity index (χ0v) is 11.9. The van der Waals surface area contributed by atoms with Crippen LogP contribution in [-0.2, 0) is 6.18 Å². The Morgan fingerprint density at radius 1 is 1.00 bits per heavy atom. The highest BCUT2D eigenvalue weighted by molar-refractivity contribution is 7.71. The molecule has 0 aliphatic carbocycles. The van der Waals surface area contributed by atoms with Crippen LogP contribution in [0.15, 0.2) is 48.5 Å². The van der Waals surface area contributed by atoms with Crippen LogP contribution in [0.3, 0.4) is 0 Å². The van der Waals surface area contributed by atoms with Gasteiger partial charge in [-0.05, 0) is 36.5 Å². The van der Waals surface area contributed by atoms with Crippen LogP contribution < -0.4 is 5.32 Å². The number of benzene rings is 2. The number of para-hydroxylation sites is 2. The first kappa shape index (κ1) is 14.5. The molecular formula is C15H10F3N3S. The Kier molecular flexibility index (Phi) is 3.58. The van der Waals surface area contributed by atoms with E-state index >= 15 is 0 Å². The van der Waals surface area contributed by atoms with Crippen LogP contribution in [0, 0.1) is 4.77 Å². The lowest BCUT2D eigenvalue weighted by molar-refractivity contribution is -0.136. The van der Waals surface area contributed by atoms with Crippen LogP contribution in [0.1, 0.15) is 5.56 Å². The highest BCUT2D eigenvalue weighted by Gasteiger charge is 2.33. The van der Waals surface area contributed by atoms with E-state index in [4.69, 9.17) is 12.2 Å². The maximum absolute atomic E-state index is 13.1. The minimum absolute atomic E-state index is 0.0618. The van der Waals surface area contributed by atoms with E-state index in [2.05, 4.69) is 15.3 Å². The number of H-pyrrole nitrogens is 1. The highest BCUT2D eigenvalue weighted by atomic mass is 32.1. The Bertz CT molecular complexity index is 887. The molecule has 0 bridgehead atoms. The molecule has 0 aliphatic rings. The predicted octanol–water partition coefficient (Wildman–Crippen LogP) is 5.05. The van der Waals surface area contributed by atoms with Crippen molar-refractivity contribution in [1.29, 1.82) is 0 Å². The first-order valence-corrected chi connectivity index (χ1v) is 6.78. The second-order valence-electron chi connectivity index (χ2n) is 4.60. The highest BCUT2D eigenvalue weighted by Crippen LogP contribution is 2.36. The number of hydrogen-bond acceptors (Lipinski definition) is 3. The lowest BCUT2D eigenvalue weighted by Gasteiger charge is -2.14. The Morgan fingerprint density at radius 3 is 2.45 bits per heavy atom. The third kappa shape index (κ3) is 2.80. The molecule has 0 saturated carbocycles. The number of hydrogen-bond donors (Lipinski definition) is 2. The van der Waals surface area contributed by atoms with Crippen LogP contribution in [0.25, 0.3) is 10.9 Å². The third-order valence-electron chi connectivity index (χ3n) is 3.12. The summed E-state index contributed by atoms with van der Waals surface area (Å²) in [5.74, 6) is 0.288. The molecule has 0 fully saturated rings. The fraction of sp³-hybridized carbons (Fsp3) is 0.0667. The second-order valence-corrected chi connectivity index (χ2v) is 4.99. The second kappa shape index (κ2) is 5.42. The van der Waals surface area contributed by atoms with Crippen LogP contribution in [0.2, 0.25) is 0 Å². The van der Waals surface area contributed by atoms with Gasteiger partial charge in [-0.2, -0.15) is 13.2 Å². The molecule has 3 aromatic rings. The normalized spacial score (nSPS) is 11.6. The van der Waals surface area contributed by atoms with E-state index < -0.39 is 11.7 Å². The minimum atomic E-state index is -4.45. The molecular weight excluding hydrogens is 311 g/mol. The molecule has 0 aliphatic heterocycles. The summed E-state index contributed by atoms with van der Waals surface area (Å²) in [6.45, 7) is 0. The van der Waals surface area contributed by atoms with Crippen molar-refractivity contribution in [2.45, 2.75) is 6.18 Å². The molecule has 3 rings (SSSR count). The van der Waals surface area contributed by atoms with Crippen molar-refractivity contribution >= 4 is 34.6 Å². The van der Waals surface area contributed by atoms with Crippen molar-refractivity contribution in [1.82, 2.24) is 9.97 Å². The maximum Gasteiger partial charge on any atom is 0.418 e. The summed E-state index contributed by atoms with van der Waals surface area (Å²) in [5, 5.41) is 3.41. The maximum atomic E-state index is 13.1. The van der Waals surface area contributed by atoms with Gasteiger partial charge in [0.05, 0.1) is 16.8 Å². The van der Waals surface area contributed by atoms with Crippen molar-refractivity contribution in [3.63, 3.8) is 0 Å². The van der Waals surface area contributed by atoms with Crippen molar-refractivity contribution in [3.8, 4) is 0 Å². The molecule has 2 aromatic carbocycles. The molecule has 2 N–H and O–H groups in total. The van der Waals surface area contributed by atoms with Crippen LogP contribution >= 0.6 is 12.2 Å². The lowest BCUT2D eigenvalue weighted by atomic mass is 10.1. The average Bonchev–Trinajstić information content (AvgIpc) is 2.46. The van der Waals surface area contributed by atoms with Crippen LogP contribution in [0.4, 0.5) is 24.7 Å². The summed E-state index contributed by atoms with van der Waals surface area (Å²) in [5.41, 5.74) is -0.109. The van der Waals surface area contributed by atoms with Gasteiger partial charge in [-0.3, -0.25) is 0 Å². The molecule has 0 radical (unpaired) electrons. The van der Waals surface area contributed by atoms with Gasteiger partial charge in [0.25, 0.3) is 0 Å². The molecule has 22 heavy (non-hydrogen) atoms. The number of rotatable bonds is 2. The monoisotopic (exact) mass is 321 g/mol. The quantitative estimate of drug-likeness (QED) is 0.649. The fourth-order valence-corrected chi connectivity index (χ4v) is 2.37. The summed E-state index contributed by atoms with van der Waals surface area (Å²) >= 11 is 5.02. The van der Waals surface area contributed by atoms with Crippen molar-refractivity contribution < 1.29 is 13.2 Å². The zero-order valence-electron chi connectivity index (χ0n) is 11.1. The van der Waals surface area contributed by atoms with E-state index in [-0.39, 0.29) is 16.3 Å². The standard InChI is InChI=1S/C15H10F3N3S/c16-15(17,18)10-6-2-4-8-12(10)19-13-9-5-1-3-7-11(9)20-14(22)21-13/h1-8H,(H2,19,20,21,22). The van der Waals surface area contributed by atoms with Gasteiger partial charge >= 0.3 is 6.18 Å². The lowest BCUT2D eigenvalue weighted by Crippen LogP contribution is -2.09. The average molecular weight is 321 g/mol. The van der Waals surface area contributed by atoms with Gasteiger partial charge in [-0.15, -0.1) is 0 Å². The van der Waals surface area contributed by atoms with Gasteiger partial charge in [0.15, 0.2) is 4.77 Å². The molecule has 0 amide bonds. The molecule has 0 saturated heterocycles. The van der Waals surface area contributed by atoms with Crippen LogP contribution in [-0.4, -0.2) is 9.97 Å². The number of aromatic amines is 1. The van der Waals surface area contributed by atoms with E-state index in [9.17, 15) is 13.2 Å². The SMILES string of the molecule is FC(F)(F)c1ccccc1Nc1nc(=S)[nH]c2ccccc12. The van der Waals surface area contributed by atoms with Gasteiger partial charge in [0, 0.05) is 5.39 Å². The number of alkyl halides is 3. The van der Waals surface area contributed by atoms with Crippen LogP contribution in [0.5, 0.6) is 0 Å². The molecule has 112 valence electrons. The van der Waals surface area contributed by atoms with E-state index in [1.54, 1.807) is 24.3 Å². The smallest absolute Gasteiger partial charge is 0.339 e. The number of anilines is 2. The molecule has 0 spiro atoms. The van der Waals surface area contributed by atoms with E-state index in [0.29, 0.717) is 10.9 Å². The number of aromatic nitrogens is 2. The topological polar surface area (TPSA) is 40.7 Å². The van der Waals surface area contributed by atoms with Gasteiger partial charge in [-0.25, -0.2) is 4.98 Å². The molecule has 3 nitrogen and oxygen atoms in total. The number of halogens is 3. The van der Waals surface area contributed by atoms with Gasteiger partial charge < -0.3 is 10.3 Å². The summed E-state index contributed by atoms with van der Waals surface area (Å²) in [6, 6.07) is 12.4. The van der Waals surface area contributed by atoms with E-state index in [0.717, 1.165) is 6.07 Å². The molecule has 7 heteroatoms. The van der Waals surface area contributed by atoms with E-state index in [1.807, 2.05) is 0 Å². The largest absolute Gasteiger partial charge is 0.418 e. The molecule has 0 unspecified atom stereocenters. The summed E-state index contributed by atoms with van der Waals surface area (Å²) in [4.78, 5) is 7.00. The molecule has 1 heterocycles. The first-order valence-electron chi connectivity index (χ1n) is 6.37. The van der Waals surface area contributed by atoms with Crippen molar-refractivity contribution in [2.24, 2.45) is 0 Å². The Hall–Kier alpha value is -2.41. The van der Waals surface area contributed by atoms with Crippen molar-refractivity contribution in [2.75, 3.05) is 5.32 Å². The molecule has 1 aromatic heterocycles. The molecule has 0 atom stereocenters. The Labute approximate surface area is 128 Å². The van der Waals surface area contributed by atoms with E-state index in [1.165, 1.54) is 18.2 Å². The Morgan fingerprint density at radius 2 is 1.68 bits per heavy atom. The fourth-order valence-electron chi connectivity index (χ4n) is 2.17. The van der Waals surface area contributed by atoms with Gasteiger partial charge in [-0.1, -0.05) is 24.3 Å². The number of fused-ring (bicyclic) bond motifs is 1. The van der Waals surface area contributed by atoms with Gasteiger partial charge in [0.1, 0.15) is 5.82 Å².